The molecule has 1 fully saturated rings. The standard InChI is InChI=1S/C15H28N2O/c1-5-15(11-16,17-14-7-8-14)9-6-10-18-13(4)12(2)3/h12-14,17H,5-10H2,1-4H3. The third kappa shape index (κ3) is 4.96. The van der Waals surface area contributed by atoms with Gasteiger partial charge in [-0.15, -0.1) is 0 Å². The summed E-state index contributed by atoms with van der Waals surface area (Å²) in [5.74, 6) is 0.557. The predicted molar refractivity (Wildman–Crippen MR) is 74.3 cm³/mol. The van der Waals surface area contributed by atoms with Crippen molar-refractivity contribution in [3.8, 4) is 6.07 Å². The summed E-state index contributed by atoms with van der Waals surface area (Å²) in [6, 6.07) is 3.06. The lowest BCUT2D eigenvalue weighted by atomic mass is 9.92. The van der Waals surface area contributed by atoms with E-state index in [2.05, 4.69) is 39.1 Å². The van der Waals surface area contributed by atoms with E-state index in [0.29, 0.717) is 18.1 Å². The monoisotopic (exact) mass is 252 g/mol. The highest BCUT2D eigenvalue weighted by Crippen LogP contribution is 2.26. The van der Waals surface area contributed by atoms with Gasteiger partial charge in [0.25, 0.3) is 0 Å². The van der Waals surface area contributed by atoms with Crippen molar-refractivity contribution in [3.63, 3.8) is 0 Å². The molecule has 0 amide bonds. The SMILES string of the molecule is CCC(C#N)(CCCOC(C)C(C)C)NC1CC1. The molecular weight excluding hydrogens is 224 g/mol. The Hall–Kier alpha value is -0.590. The number of nitrogens with one attached hydrogen (secondary N) is 1. The fourth-order valence-electron chi connectivity index (χ4n) is 1.97. The maximum atomic E-state index is 9.40. The summed E-state index contributed by atoms with van der Waals surface area (Å²) < 4.78 is 5.77. The van der Waals surface area contributed by atoms with E-state index in [1.165, 1.54) is 12.8 Å². The van der Waals surface area contributed by atoms with E-state index in [1.807, 2.05) is 0 Å². The first-order valence-corrected chi connectivity index (χ1v) is 7.33. The molecule has 3 nitrogen and oxygen atoms in total. The molecule has 104 valence electrons. The molecule has 2 unspecified atom stereocenters. The lowest BCUT2D eigenvalue weighted by molar-refractivity contribution is 0.0311. The Morgan fingerprint density at radius 2 is 2.06 bits per heavy atom. The molecule has 0 saturated heterocycles. The van der Waals surface area contributed by atoms with Gasteiger partial charge in [-0.1, -0.05) is 20.8 Å². The molecule has 0 aliphatic heterocycles. The highest BCUT2D eigenvalue weighted by molar-refractivity contribution is 5.09. The molecule has 0 heterocycles. The van der Waals surface area contributed by atoms with Crippen molar-refractivity contribution in [1.82, 2.24) is 5.32 Å². The van der Waals surface area contributed by atoms with E-state index < -0.39 is 0 Å². The van der Waals surface area contributed by atoms with Gasteiger partial charge in [0.05, 0.1) is 12.2 Å². The Balaban J connectivity index is 2.27. The van der Waals surface area contributed by atoms with Gasteiger partial charge in [-0.2, -0.15) is 5.26 Å². The lowest BCUT2D eigenvalue weighted by Gasteiger charge is -2.27. The lowest BCUT2D eigenvalue weighted by Crippen LogP contribution is -2.44. The number of rotatable bonds is 9. The molecule has 0 aromatic carbocycles. The summed E-state index contributed by atoms with van der Waals surface area (Å²) in [5, 5.41) is 12.9. The van der Waals surface area contributed by atoms with Crippen molar-refractivity contribution < 1.29 is 4.74 Å². The second kappa shape index (κ2) is 7.11. The summed E-state index contributed by atoms with van der Waals surface area (Å²) in [4.78, 5) is 0. The molecule has 2 atom stereocenters. The minimum atomic E-state index is -0.328. The van der Waals surface area contributed by atoms with Crippen molar-refractivity contribution in [2.75, 3.05) is 6.61 Å². The van der Waals surface area contributed by atoms with Gasteiger partial charge in [-0.25, -0.2) is 0 Å². The zero-order chi connectivity index (χ0) is 13.6. The van der Waals surface area contributed by atoms with Gasteiger partial charge in [0.1, 0.15) is 5.54 Å². The minimum absolute atomic E-state index is 0.305. The van der Waals surface area contributed by atoms with Crippen LogP contribution in [0.1, 0.15) is 59.8 Å². The molecule has 18 heavy (non-hydrogen) atoms. The third-order valence-corrected chi connectivity index (χ3v) is 3.94. The zero-order valence-corrected chi connectivity index (χ0v) is 12.3. The van der Waals surface area contributed by atoms with Crippen molar-refractivity contribution in [2.45, 2.75) is 77.5 Å². The van der Waals surface area contributed by atoms with E-state index in [1.54, 1.807) is 0 Å². The van der Waals surface area contributed by atoms with Crippen LogP contribution in [0.25, 0.3) is 0 Å². The van der Waals surface area contributed by atoms with Crippen molar-refractivity contribution in [2.24, 2.45) is 5.92 Å². The minimum Gasteiger partial charge on any atom is -0.378 e. The maximum Gasteiger partial charge on any atom is 0.106 e. The quantitative estimate of drug-likeness (QED) is 0.641. The first-order valence-electron chi connectivity index (χ1n) is 7.33. The fraction of sp³-hybridized carbons (Fsp3) is 0.933. The van der Waals surface area contributed by atoms with E-state index in [0.717, 1.165) is 25.9 Å². The zero-order valence-electron chi connectivity index (χ0n) is 12.3. The average molecular weight is 252 g/mol. The van der Waals surface area contributed by atoms with Gasteiger partial charge in [0.2, 0.25) is 0 Å². The van der Waals surface area contributed by atoms with Crippen molar-refractivity contribution >= 4 is 0 Å². The third-order valence-electron chi connectivity index (χ3n) is 3.94. The normalized spacial score (nSPS) is 20.4. The number of hydrogen-bond donors (Lipinski definition) is 1. The molecule has 3 heteroatoms. The Kier molecular flexibility index (Phi) is 6.11. The summed E-state index contributed by atoms with van der Waals surface area (Å²) in [5.41, 5.74) is -0.328. The Labute approximate surface area is 112 Å². The van der Waals surface area contributed by atoms with Crippen LogP contribution in [0.15, 0.2) is 0 Å². The Morgan fingerprint density at radius 3 is 2.50 bits per heavy atom. The van der Waals surface area contributed by atoms with Crippen LogP contribution in [0, 0.1) is 17.2 Å². The van der Waals surface area contributed by atoms with Gasteiger partial charge in [-0.05, 0) is 44.9 Å². The maximum absolute atomic E-state index is 9.40. The van der Waals surface area contributed by atoms with Gasteiger partial charge < -0.3 is 4.74 Å². The van der Waals surface area contributed by atoms with E-state index >= 15 is 0 Å². The molecule has 1 aliphatic carbocycles. The average Bonchev–Trinajstić information content (AvgIpc) is 3.16. The Morgan fingerprint density at radius 1 is 1.39 bits per heavy atom. The van der Waals surface area contributed by atoms with Gasteiger partial charge in [0, 0.05) is 12.6 Å². The van der Waals surface area contributed by atoms with Crippen LogP contribution in [-0.2, 0) is 4.74 Å². The molecule has 1 N–H and O–H groups in total. The van der Waals surface area contributed by atoms with Gasteiger partial charge in [0.15, 0.2) is 0 Å². The van der Waals surface area contributed by atoms with Gasteiger partial charge >= 0.3 is 0 Å². The van der Waals surface area contributed by atoms with Crippen LogP contribution in [-0.4, -0.2) is 24.3 Å². The highest BCUT2D eigenvalue weighted by Gasteiger charge is 2.34. The summed E-state index contributed by atoms with van der Waals surface area (Å²) in [6.45, 7) is 9.31. The van der Waals surface area contributed by atoms with Crippen LogP contribution in [0.2, 0.25) is 0 Å². The second-order valence-electron chi connectivity index (χ2n) is 5.89. The summed E-state index contributed by atoms with van der Waals surface area (Å²) in [6.07, 6.45) is 5.48. The largest absolute Gasteiger partial charge is 0.378 e. The smallest absolute Gasteiger partial charge is 0.106 e. The first kappa shape index (κ1) is 15.5. The summed E-state index contributed by atoms with van der Waals surface area (Å²) >= 11 is 0. The van der Waals surface area contributed by atoms with Gasteiger partial charge in [-0.3, -0.25) is 5.32 Å². The van der Waals surface area contributed by atoms with E-state index in [-0.39, 0.29) is 5.54 Å². The number of ether oxygens (including phenoxy) is 1. The molecule has 0 radical (unpaired) electrons. The van der Waals surface area contributed by atoms with Crippen LogP contribution in [0.4, 0.5) is 0 Å². The molecule has 1 saturated carbocycles. The van der Waals surface area contributed by atoms with Crippen molar-refractivity contribution in [1.29, 1.82) is 5.26 Å². The topological polar surface area (TPSA) is 45.0 Å². The molecule has 0 aromatic heterocycles. The van der Waals surface area contributed by atoms with E-state index in [4.69, 9.17) is 4.74 Å². The second-order valence-corrected chi connectivity index (χ2v) is 5.89. The summed E-state index contributed by atoms with van der Waals surface area (Å²) in [7, 11) is 0. The number of nitrogens with zero attached hydrogens (tertiary/aromatic N) is 1. The van der Waals surface area contributed by atoms with Crippen LogP contribution in [0.3, 0.4) is 0 Å². The highest BCUT2D eigenvalue weighted by atomic mass is 16.5. The molecular formula is C15H28N2O. The molecule has 1 rings (SSSR count). The molecule has 0 spiro atoms. The van der Waals surface area contributed by atoms with Crippen LogP contribution in [0.5, 0.6) is 0 Å². The van der Waals surface area contributed by atoms with E-state index in [9.17, 15) is 5.26 Å². The predicted octanol–water partition coefficient (Wildman–Crippen LogP) is 3.25. The first-order chi connectivity index (χ1) is 8.53. The van der Waals surface area contributed by atoms with Crippen molar-refractivity contribution in [3.05, 3.63) is 0 Å². The van der Waals surface area contributed by atoms with Crippen LogP contribution < -0.4 is 5.32 Å². The number of hydrogen-bond acceptors (Lipinski definition) is 3. The molecule has 0 aromatic rings. The fourth-order valence-corrected chi connectivity index (χ4v) is 1.97. The van der Waals surface area contributed by atoms with Crippen LogP contribution >= 0.6 is 0 Å². The number of nitriles is 1. The Bertz CT molecular complexity index is 281. The molecule has 0 bridgehead atoms. The molecule has 1 aliphatic rings.